The summed E-state index contributed by atoms with van der Waals surface area (Å²) in [5.41, 5.74) is 2.85. The molecule has 3 aromatic rings. The van der Waals surface area contributed by atoms with Crippen molar-refractivity contribution < 1.29 is 19.0 Å². The number of fused-ring (bicyclic) bond motifs is 1. The number of hydrogen-bond donors (Lipinski definition) is 0. The molecule has 0 aliphatic heterocycles. The van der Waals surface area contributed by atoms with Gasteiger partial charge in [-0.05, 0) is 46.5 Å². The van der Waals surface area contributed by atoms with Crippen molar-refractivity contribution in [2.24, 2.45) is 0 Å². The SMILES string of the molecule is COc1cc(C)c(COC(=O)Cc2cccc3ccccc23)cc1OC. The molecular formula is C22H22O4. The number of aryl methyl sites for hydroxylation is 1. The van der Waals surface area contributed by atoms with Gasteiger partial charge in [0.25, 0.3) is 0 Å². The van der Waals surface area contributed by atoms with Gasteiger partial charge in [0.15, 0.2) is 11.5 Å². The Balaban J connectivity index is 1.71. The van der Waals surface area contributed by atoms with E-state index >= 15 is 0 Å². The molecule has 0 aromatic heterocycles. The average Bonchev–Trinajstić information content (AvgIpc) is 2.67. The van der Waals surface area contributed by atoms with Crippen molar-refractivity contribution in [3.63, 3.8) is 0 Å². The van der Waals surface area contributed by atoms with Crippen molar-refractivity contribution in [2.75, 3.05) is 14.2 Å². The van der Waals surface area contributed by atoms with Gasteiger partial charge in [-0.3, -0.25) is 4.79 Å². The van der Waals surface area contributed by atoms with E-state index in [9.17, 15) is 4.79 Å². The van der Waals surface area contributed by atoms with Gasteiger partial charge >= 0.3 is 5.97 Å². The van der Waals surface area contributed by atoms with Gasteiger partial charge in [0.1, 0.15) is 6.61 Å². The first-order chi connectivity index (χ1) is 12.6. The number of ether oxygens (including phenoxy) is 3. The topological polar surface area (TPSA) is 44.8 Å². The lowest BCUT2D eigenvalue weighted by Crippen LogP contribution is -2.09. The molecule has 0 aliphatic carbocycles. The number of carbonyl (C=O) groups excluding carboxylic acids is 1. The molecule has 0 radical (unpaired) electrons. The van der Waals surface area contributed by atoms with Gasteiger partial charge in [-0.15, -0.1) is 0 Å². The maximum absolute atomic E-state index is 12.3. The molecule has 4 nitrogen and oxygen atoms in total. The number of esters is 1. The van der Waals surface area contributed by atoms with E-state index in [1.807, 2.05) is 61.5 Å². The molecule has 0 bridgehead atoms. The minimum atomic E-state index is -0.254. The molecule has 134 valence electrons. The number of methoxy groups -OCH3 is 2. The van der Waals surface area contributed by atoms with Gasteiger partial charge in [-0.25, -0.2) is 0 Å². The van der Waals surface area contributed by atoms with E-state index in [1.165, 1.54) is 0 Å². The van der Waals surface area contributed by atoms with Gasteiger partial charge < -0.3 is 14.2 Å². The summed E-state index contributed by atoms with van der Waals surface area (Å²) in [6.45, 7) is 2.16. The molecule has 3 rings (SSSR count). The molecule has 0 unspecified atom stereocenters. The highest BCUT2D eigenvalue weighted by Crippen LogP contribution is 2.30. The van der Waals surface area contributed by atoms with Crippen molar-refractivity contribution in [1.82, 2.24) is 0 Å². The van der Waals surface area contributed by atoms with Gasteiger partial charge in [0.05, 0.1) is 20.6 Å². The van der Waals surface area contributed by atoms with E-state index in [0.717, 1.165) is 27.5 Å². The Morgan fingerprint density at radius 2 is 1.58 bits per heavy atom. The van der Waals surface area contributed by atoms with Crippen LogP contribution in [0.4, 0.5) is 0 Å². The van der Waals surface area contributed by atoms with Gasteiger partial charge in [-0.2, -0.15) is 0 Å². The molecule has 0 aliphatic rings. The summed E-state index contributed by atoms with van der Waals surface area (Å²) in [5.74, 6) is 1.03. The molecular weight excluding hydrogens is 328 g/mol. The Labute approximate surface area is 153 Å². The maximum Gasteiger partial charge on any atom is 0.310 e. The Morgan fingerprint density at radius 3 is 2.35 bits per heavy atom. The third kappa shape index (κ3) is 3.80. The fourth-order valence-corrected chi connectivity index (χ4v) is 2.99. The zero-order chi connectivity index (χ0) is 18.5. The van der Waals surface area contributed by atoms with E-state index in [-0.39, 0.29) is 19.0 Å². The molecule has 0 saturated carbocycles. The second-order valence-corrected chi connectivity index (χ2v) is 6.11. The van der Waals surface area contributed by atoms with Crippen molar-refractivity contribution >= 4 is 16.7 Å². The first-order valence-corrected chi connectivity index (χ1v) is 8.46. The normalized spacial score (nSPS) is 10.6. The predicted molar refractivity (Wildman–Crippen MR) is 102 cm³/mol. The number of hydrogen-bond acceptors (Lipinski definition) is 4. The first kappa shape index (κ1) is 17.8. The van der Waals surface area contributed by atoms with Crippen LogP contribution in [0.5, 0.6) is 11.5 Å². The summed E-state index contributed by atoms with van der Waals surface area (Å²) < 4.78 is 16.1. The minimum Gasteiger partial charge on any atom is -0.493 e. The summed E-state index contributed by atoms with van der Waals surface area (Å²) in [6, 6.07) is 17.7. The van der Waals surface area contributed by atoms with Crippen molar-refractivity contribution in [3.05, 3.63) is 71.3 Å². The lowest BCUT2D eigenvalue weighted by atomic mass is 10.0. The van der Waals surface area contributed by atoms with Crippen LogP contribution in [0.2, 0.25) is 0 Å². The van der Waals surface area contributed by atoms with Crippen LogP contribution in [0.25, 0.3) is 10.8 Å². The zero-order valence-electron chi connectivity index (χ0n) is 15.2. The highest BCUT2D eigenvalue weighted by Gasteiger charge is 2.12. The van der Waals surface area contributed by atoms with Crippen LogP contribution in [-0.2, 0) is 22.6 Å². The highest BCUT2D eigenvalue weighted by molar-refractivity contribution is 5.88. The largest absolute Gasteiger partial charge is 0.493 e. The van der Waals surface area contributed by atoms with Crippen molar-refractivity contribution in [2.45, 2.75) is 20.0 Å². The summed E-state index contributed by atoms with van der Waals surface area (Å²) >= 11 is 0. The van der Waals surface area contributed by atoms with Gasteiger partial charge in [0, 0.05) is 0 Å². The molecule has 4 heteroatoms. The van der Waals surface area contributed by atoms with Crippen LogP contribution in [0, 0.1) is 6.92 Å². The fraction of sp³-hybridized carbons (Fsp3) is 0.227. The van der Waals surface area contributed by atoms with Gasteiger partial charge in [0.2, 0.25) is 0 Å². The Hall–Kier alpha value is -3.01. The number of rotatable bonds is 6. The minimum absolute atomic E-state index is 0.204. The van der Waals surface area contributed by atoms with Crippen LogP contribution in [0.1, 0.15) is 16.7 Å². The molecule has 0 spiro atoms. The molecule has 3 aromatic carbocycles. The van der Waals surface area contributed by atoms with E-state index in [2.05, 4.69) is 0 Å². The quantitative estimate of drug-likeness (QED) is 0.616. The van der Waals surface area contributed by atoms with Gasteiger partial charge in [-0.1, -0.05) is 42.5 Å². The summed E-state index contributed by atoms with van der Waals surface area (Å²) in [6.07, 6.45) is 0.244. The second kappa shape index (κ2) is 7.91. The third-order valence-electron chi connectivity index (χ3n) is 4.45. The summed E-state index contributed by atoms with van der Waals surface area (Å²) in [4.78, 5) is 12.3. The second-order valence-electron chi connectivity index (χ2n) is 6.11. The molecule has 0 fully saturated rings. The Bertz CT molecular complexity index is 925. The van der Waals surface area contributed by atoms with Crippen LogP contribution < -0.4 is 9.47 Å². The van der Waals surface area contributed by atoms with Crippen molar-refractivity contribution in [1.29, 1.82) is 0 Å². The van der Waals surface area contributed by atoms with Crippen molar-refractivity contribution in [3.8, 4) is 11.5 Å². The van der Waals surface area contributed by atoms with E-state index in [1.54, 1.807) is 14.2 Å². The molecule has 0 N–H and O–H groups in total. The molecule has 26 heavy (non-hydrogen) atoms. The molecule has 0 heterocycles. The zero-order valence-corrected chi connectivity index (χ0v) is 15.2. The fourth-order valence-electron chi connectivity index (χ4n) is 2.99. The third-order valence-corrected chi connectivity index (χ3v) is 4.45. The van der Waals surface area contributed by atoms with E-state index < -0.39 is 0 Å². The van der Waals surface area contributed by atoms with Crippen LogP contribution in [0.3, 0.4) is 0 Å². The molecule has 0 atom stereocenters. The van der Waals surface area contributed by atoms with E-state index in [0.29, 0.717) is 11.5 Å². The lowest BCUT2D eigenvalue weighted by Gasteiger charge is -2.13. The molecule has 0 amide bonds. The number of carbonyl (C=O) groups is 1. The standard InChI is InChI=1S/C22H22O4/c1-15-11-20(24-2)21(25-3)12-18(15)14-26-22(23)13-17-9-6-8-16-7-4-5-10-19(16)17/h4-12H,13-14H2,1-3H3. The monoisotopic (exact) mass is 350 g/mol. The lowest BCUT2D eigenvalue weighted by molar-refractivity contribution is -0.144. The maximum atomic E-state index is 12.3. The van der Waals surface area contributed by atoms with Crippen LogP contribution >= 0.6 is 0 Å². The predicted octanol–water partition coefficient (Wildman–Crippen LogP) is 4.45. The average molecular weight is 350 g/mol. The van der Waals surface area contributed by atoms with E-state index in [4.69, 9.17) is 14.2 Å². The molecule has 0 saturated heterocycles. The first-order valence-electron chi connectivity index (χ1n) is 8.46. The summed E-state index contributed by atoms with van der Waals surface area (Å²) in [7, 11) is 3.19. The van der Waals surface area contributed by atoms with Crippen LogP contribution in [-0.4, -0.2) is 20.2 Å². The summed E-state index contributed by atoms with van der Waals surface area (Å²) in [5, 5.41) is 2.20. The Kier molecular flexibility index (Phi) is 5.42. The number of benzene rings is 3. The smallest absolute Gasteiger partial charge is 0.310 e. The Morgan fingerprint density at radius 1 is 0.885 bits per heavy atom. The van der Waals surface area contributed by atoms with Crippen LogP contribution in [0.15, 0.2) is 54.6 Å². The highest BCUT2D eigenvalue weighted by atomic mass is 16.5.